The lowest BCUT2D eigenvalue weighted by atomic mass is 9.98. The van der Waals surface area contributed by atoms with E-state index in [0.717, 1.165) is 17.5 Å². The highest BCUT2D eigenvalue weighted by molar-refractivity contribution is 5.86. The lowest BCUT2D eigenvalue weighted by molar-refractivity contribution is -0.150. The van der Waals surface area contributed by atoms with E-state index < -0.39 is 12.0 Å². The summed E-state index contributed by atoms with van der Waals surface area (Å²) >= 11 is 0. The zero-order valence-corrected chi connectivity index (χ0v) is 21.4. The van der Waals surface area contributed by atoms with Gasteiger partial charge in [-0.15, -0.1) is 13.2 Å². The summed E-state index contributed by atoms with van der Waals surface area (Å²) in [6.07, 6.45) is 4.63. The monoisotopic (exact) mass is 506 g/mol. The van der Waals surface area contributed by atoms with Gasteiger partial charge in [0.15, 0.2) is 0 Å². The fourth-order valence-electron chi connectivity index (χ4n) is 3.88. The second-order valence-corrected chi connectivity index (χ2v) is 8.77. The van der Waals surface area contributed by atoms with Crippen LogP contribution in [0.5, 0.6) is 0 Å². The number of aliphatic hydroxyl groups excluding tert-OH is 1. The van der Waals surface area contributed by atoms with Crippen LogP contribution in [0.4, 0.5) is 0 Å². The van der Waals surface area contributed by atoms with Gasteiger partial charge in [0.1, 0.15) is 6.10 Å². The van der Waals surface area contributed by atoms with E-state index in [1.54, 1.807) is 17.1 Å². The lowest BCUT2D eigenvalue weighted by Gasteiger charge is -2.25. The van der Waals surface area contributed by atoms with E-state index in [9.17, 15) is 19.5 Å². The van der Waals surface area contributed by atoms with Gasteiger partial charge in [-0.05, 0) is 30.4 Å². The molecule has 0 saturated carbocycles. The largest absolute Gasteiger partial charge is 0.456 e. The maximum Gasteiger partial charge on any atom is 0.306 e. The Kier molecular flexibility index (Phi) is 13.5. The molecule has 7 heteroatoms. The van der Waals surface area contributed by atoms with Crippen LogP contribution in [0, 0.1) is 5.92 Å². The zero-order valence-electron chi connectivity index (χ0n) is 21.4. The minimum atomic E-state index is -0.648. The molecule has 37 heavy (non-hydrogen) atoms. The molecule has 2 N–H and O–H groups in total. The van der Waals surface area contributed by atoms with Crippen LogP contribution < -0.4 is 5.32 Å². The maximum absolute atomic E-state index is 13.1. The van der Waals surface area contributed by atoms with Crippen molar-refractivity contribution in [3.8, 4) is 0 Å². The molecule has 0 heterocycles. The van der Waals surface area contributed by atoms with Gasteiger partial charge in [-0.25, -0.2) is 0 Å². The zero-order chi connectivity index (χ0) is 26.9. The van der Waals surface area contributed by atoms with Crippen LogP contribution in [0.25, 0.3) is 0 Å². The summed E-state index contributed by atoms with van der Waals surface area (Å²) in [5.41, 5.74) is 1.71. The van der Waals surface area contributed by atoms with Crippen LogP contribution in [-0.4, -0.2) is 47.5 Å². The molecule has 0 aliphatic heterocycles. The average molecular weight is 507 g/mol. The summed E-state index contributed by atoms with van der Waals surface area (Å²) < 4.78 is 5.68. The fourth-order valence-corrected chi connectivity index (χ4v) is 3.88. The van der Waals surface area contributed by atoms with E-state index in [0.29, 0.717) is 19.4 Å². The van der Waals surface area contributed by atoms with Gasteiger partial charge >= 0.3 is 5.97 Å². The van der Waals surface area contributed by atoms with E-state index in [4.69, 9.17) is 4.74 Å². The van der Waals surface area contributed by atoms with Gasteiger partial charge < -0.3 is 20.1 Å². The Bertz CT molecular complexity index is 994. The van der Waals surface area contributed by atoms with Crippen LogP contribution in [0.1, 0.15) is 49.3 Å². The highest BCUT2D eigenvalue weighted by atomic mass is 16.5. The molecule has 198 valence electrons. The predicted octanol–water partition coefficient (Wildman–Crippen LogP) is 4.35. The standard InChI is InChI=1S/C30H38N2O5/c1-3-5-8-18-29(35)37-27(25-16-11-7-12-17-25)22-31-30(36)26(13-4-2)21-28(34)32(19-20-33)23-24-14-9-6-10-15-24/h3-4,6-7,9-12,14-17,26-27,33H,1-2,5,8,13,18-23H2,(H,31,36)/t26-,27-/m1/s1. The van der Waals surface area contributed by atoms with Gasteiger partial charge in [-0.2, -0.15) is 0 Å². The van der Waals surface area contributed by atoms with Crippen molar-refractivity contribution in [1.82, 2.24) is 10.2 Å². The first-order valence-corrected chi connectivity index (χ1v) is 12.6. The number of benzene rings is 2. The summed E-state index contributed by atoms with van der Waals surface area (Å²) in [5.74, 6) is -1.53. The number of esters is 1. The molecule has 2 rings (SSSR count). The van der Waals surface area contributed by atoms with Crippen LogP contribution in [0.3, 0.4) is 0 Å². The number of amides is 2. The molecule has 0 aliphatic rings. The van der Waals surface area contributed by atoms with Crippen molar-refractivity contribution in [2.45, 2.75) is 44.8 Å². The smallest absolute Gasteiger partial charge is 0.306 e. The van der Waals surface area contributed by atoms with Gasteiger partial charge in [0.25, 0.3) is 0 Å². The molecular weight excluding hydrogens is 468 g/mol. The highest BCUT2D eigenvalue weighted by Gasteiger charge is 2.25. The van der Waals surface area contributed by atoms with Crippen molar-refractivity contribution in [2.24, 2.45) is 5.92 Å². The molecule has 0 unspecified atom stereocenters. The molecule has 0 fully saturated rings. The van der Waals surface area contributed by atoms with E-state index >= 15 is 0 Å². The number of ether oxygens (including phenoxy) is 1. The number of hydrogen-bond acceptors (Lipinski definition) is 5. The predicted molar refractivity (Wildman–Crippen MR) is 144 cm³/mol. The Balaban J connectivity index is 2.04. The number of rotatable bonds is 17. The summed E-state index contributed by atoms with van der Waals surface area (Å²) in [5, 5.41) is 12.3. The van der Waals surface area contributed by atoms with E-state index in [1.807, 2.05) is 60.7 Å². The van der Waals surface area contributed by atoms with E-state index in [1.165, 1.54) is 0 Å². The van der Waals surface area contributed by atoms with Crippen molar-refractivity contribution >= 4 is 17.8 Å². The van der Waals surface area contributed by atoms with Crippen molar-refractivity contribution in [1.29, 1.82) is 0 Å². The normalized spacial score (nSPS) is 12.1. The minimum absolute atomic E-state index is 0.0258. The summed E-state index contributed by atoms with van der Waals surface area (Å²) in [6, 6.07) is 18.7. The van der Waals surface area contributed by atoms with Gasteiger partial charge in [0, 0.05) is 25.9 Å². The van der Waals surface area contributed by atoms with Crippen LogP contribution in [0.15, 0.2) is 86.0 Å². The second kappa shape index (κ2) is 16.9. The molecule has 2 aromatic carbocycles. The number of hydrogen-bond donors (Lipinski definition) is 2. The van der Waals surface area contributed by atoms with Crippen molar-refractivity contribution in [3.63, 3.8) is 0 Å². The fraction of sp³-hybridized carbons (Fsp3) is 0.367. The first-order chi connectivity index (χ1) is 18.0. The van der Waals surface area contributed by atoms with Crippen LogP contribution in [-0.2, 0) is 25.7 Å². The third kappa shape index (κ3) is 10.8. The molecular formula is C30H38N2O5. The Morgan fingerprint density at radius 2 is 1.68 bits per heavy atom. The Hall–Kier alpha value is -3.71. The Morgan fingerprint density at radius 3 is 2.30 bits per heavy atom. The van der Waals surface area contributed by atoms with Crippen molar-refractivity contribution < 1.29 is 24.2 Å². The summed E-state index contributed by atoms with van der Waals surface area (Å²) in [4.78, 5) is 40.1. The number of nitrogens with zero attached hydrogens (tertiary/aromatic N) is 1. The molecule has 2 atom stereocenters. The maximum atomic E-state index is 13.1. The van der Waals surface area contributed by atoms with E-state index in [2.05, 4.69) is 18.5 Å². The number of carbonyl (C=O) groups excluding carboxylic acids is 3. The number of carbonyl (C=O) groups is 3. The molecule has 0 spiro atoms. The molecule has 0 aromatic heterocycles. The average Bonchev–Trinajstić information content (AvgIpc) is 2.91. The second-order valence-electron chi connectivity index (χ2n) is 8.77. The summed E-state index contributed by atoms with van der Waals surface area (Å²) in [6.45, 7) is 7.83. The highest BCUT2D eigenvalue weighted by Crippen LogP contribution is 2.19. The minimum Gasteiger partial charge on any atom is -0.456 e. The molecule has 2 aromatic rings. The molecule has 2 amide bonds. The lowest BCUT2D eigenvalue weighted by Crippen LogP contribution is -2.39. The SMILES string of the molecule is C=CCCCC(=O)O[C@H](CNC(=O)[C@H](CC=C)CC(=O)N(CCO)Cc1ccccc1)c1ccccc1. The first kappa shape index (κ1) is 29.5. The molecule has 0 radical (unpaired) electrons. The summed E-state index contributed by atoms with van der Waals surface area (Å²) in [7, 11) is 0. The van der Waals surface area contributed by atoms with Crippen LogP contribution in [0.2, 0.25) is 0 Å². The molecule has 0 bridgehead atoms. The van der Waals surface area contributed by atoms with Gasteiger partial charge in [-0.3, -0.25) is 14.4 Å². The number of nitrogens with one attached hydrogen (secondary N) is 1. The third-order valence-electron chi connectivity index (χ3n) is 5.88. The topological polar surface area (TPSA) is 95.9 Å². The van der Waals surface area contributed by atoms with E-state index in [-0.39, 0.29) is 50.3 Å². The van der Waals surface area contributed by atoms with Gasteiger partial charge in [0.05, 0.1) is 19.1 Å². The number of unbranched alkanes of at least 4 members (excludes halogenated alkanes) is 1. The molecule has 0 aliphatic carbocycles. The van der Waals surface area contributed by atoms with Crippen molar-refractivity contribution in [3.05, 3.63) is 97.1 Å². The van der Waals surface area contributed by atoms with Crippen LogP contribution >= 0.6 is 0 Å². The number of allylic oxidation sites excluding steroid dienone is 2. The third-order valence-corrected chi connectivity index (χ3v) is 5.88. The number of aliphatic hydroxyl groups is 1. The van der Waals surface area contributed by atoms with Crippen molar-refractivity contribution in [2.75, 3.05) is 19.7 Å². The Labute approximate surface area is 219 Å². The quantitative estimate of drug-likeness (QED) is 0.189. The Morgan fingerprint density at radius 1 is 1.00 bits per heavy atom. The van der Waals surface area contributed by atoms with Gasteiger partial charge in [-0.1, -0.05) is 72.8 Å². The molecule has 0 saturated heterocycles. The first-order valence-electron chi connectivity index (χ1n) is 12.6. The van der Waals surface area contributed by atoms with Gasteiger partial charge in [0.2, 0.25) is 11.8 Å². The molecule has 7 nitrogen and oxygen atoms in total.